The molecule has 0 spiro atoms. The van der Waals surface area contributed by atoms with E-state index in [4.69, 9.17) is 0 Å². The van der Waals surface area contributed by atoms with E-state index in [0.717, 1.165) is 17.1 Å². The minimum Gasteiger partial charge on any atom is -0.310 e. The van der Waals surface area contributed by atoms with Crippen LogP contribution in [0.25, 0.3) is 88.3 Å². The van der Waals surface area contributed by atoms with Gasteiger partial charge in [-0.3, -0.25) is 0 Å². The maximum atomic E-state index is 2.39. The Hall–Kier alpha value is -8.26. The van der Waals surface area contributed by atoms with Gasteiger partial charge < -0.3 is 4.90 Å². The minimum absolute atomic E-state index is 1.09. The molecule has 11 aromatic rings. The molecule has 0 aromatic heterocycles. The van der Waals surface area contributed by atoms with E-state index in [1.54, 1.807) is 0 Å². The van der Waals surface area contributed by atoms with Gasteiger partial charge in [0.2, 0.25) is 0 Å². The van der Waals surface area contributed by atoms with Crippen LogP contribution in [0, 0.1) is 0 Å². The smallest absolute Gasteiger partial charge is 0.0540 e. The summed E-state index contributed by atoms with van der Waals surface area (Å²) < 4.78 is 0. The quantitative estimate of drug-likeness (QED) is 0.141. The zero-order valence-corrected chi connectivity index (χ0v) is 34.8. The Morgan fingerprint density at radius 2 is 0.524 bits per heavy atom. The maximum Gasteiger partial charge on any atom is 0.0540 e. The molecule has 0 aliphatic rings. The van der Waals surface area contributed by atoms with Crippen LogP contribution in [0.15, 0.2) is 261 Å². The molecular formula is C62H43N. The number of rotatable bonds is 9. The monoisotopic (exact) mass is 801 g/mol. The molecule has 0 aliphatic carbocycles. The summed E-state index contributed by atoms with van der Waals surface area (Å²) in [6, 6.07) is 94.5. The maximum absolute atomic E-state index is 2.39. The normalized spacial score (nSPS) is 11.2. The number of hydrogen-bond acceptors (Lipinski definition) is 1. The van der Waals surface area contributed by atoms with Crippen LogP contribution in [0.2, 0.25) is 0 Å². The van der Waals surface area contributed by atoms with E-state index in [1.165, 1.54) is 88.3 Å². The summed E-state index contributed by atoms with van der Waals surface area (Å²) in [5.74, 6) is 0. The van der Waals surface area contributed by atoms with E-state index in [-0.39, 0.29) is 0 Å². The Balaban J connectivity index is 0.954. The molecule has 0 heterocycles. The molecule has 0 bridgehead atoms. The van der Waals surface area contributed by atoms with Gasteiger partial charge in [-0.25, -0.2) is 0 Å². The van der Waals surface area contributed by atoms with E-state index in [0.29, 0.717) is 0 Å². The molecular weight excluding hydrogens is 759 g/mol. The lowest BCUT2D eigenvalue weighted by Gasteiger charge is -2.27. The highest BCUT2D eigenvalue weighted by atomic mass is 15.1. The topological polar surface area (TPSA) is 3.24 Å². The molecule has 0 saturated carbocycles. The molecule has 0 aliphatic heterocycles. The predicted molar refractivity (Wildman–Crippen MR) is 269 cm³/mol. The lowest BCUT2D eigenvalue weighted by Crippen LogP contribution is -2.10. The van der Waals surface area contributed by atoms with Crippen molar-refractivity contribution in [3.05, 3.63) is 261 Å². The first kappa shape index (κ1) is 37.7. The SMILES string of the molecule is c1ccc(-c2ccccc2-c2ccccc2-c2ccccc2-c2ccc(N(c3ccc(-c4ccc(-c5cccc6ccccc56)cc4)cc3)c3cccc4ccccc34)cc2)cc1. The Labute approximate surface area is 369 Å². The van der Waals surface area contributed by atoms with Gasteiger partial charge in [0.25, 0.3) is 0 Å². The average Bonchev–Trinajstić information content (AvgIpc) is 3.37. The van der Waals surface area contributed by atoms with E-state index in [2.05, 4.69) is 266 Å². The summed E-state index contributed by atoms with van der Waals surface area (Å²) in [5.41, 5.74) is 17.8. The van der Waals surface area contributed by atoms with Crippen molar-refractivity contribution in [1.29, 1.82) is 0 Å². The zero-order valence-electron chi connectivity index (χ0n) is 34.8. The molecule has 0 unspecified atom stereocenters. The molecule has 0 radical (unpaired) electrons. The number of fused-ring (bicyclic) bond motifs is 2. The van der Waals surface area contributed by atoms with Gasteiger partial charge in [0, 0.05) is 16.8 Å². The van der Waals surface area contributed by atoms with Crippen molar-refractivity contribution < 1.29 is 0 Å². The number of hydrogen-bond donors (Lipinski definition) is 0. The molecule has 0 fully saturated rings. The largest absolute Gasteiger partial charge is 0.310 e. The Morgan fingerprint density at radius 1 is 0.190 bits per heavy atom. The summed E-state index contributed by atoms with van der Waals surface area (Å²) >= 11 is 0. The van der Waals surface area contributed by atoms with Crippen LogP contribution in [0.1, 0.15) is 0 Å². The third-order valence-electron chi connectivity index (χ3n) is 12.3. The Morgan fingerprint density at radius 3 is 1.10 bits per heavy atom. The summed E-state index contributed by atoms with van der Waals surface area (Å²) in [4.78, 5) is 2.39. The van der Waals surface area contributed by atoms with Crippen LogP contribution in [-0.4, -0.2) is 0 Å². The van der Waals surface area contributed by atoms with Gasteiger partial charge in [-0.1, -0.05) is 231 Å². The fourth-order valence-electron chi connectivity index (χ4n) is 9.25. The lowest BCUT2D eigenvalue weighted by atomic mass is 9.87. The van der Waals surface area contributed by atoms with E-state index >= 15 is 0 Å². The Kier molecular flexibility index (Phi) is 9.97. The summed E-state index contributed by atoms with van der Waals surface area (Å²) in [5, 5.41) is 4.94. The average molecular weight is 802 g/mol. The van der Waals surface area contributed by atoms with Gasteiger partial charge in [-0.15, -0.1) is 0 Å². The molecule has 1 heteroatoms. The van der Waals surface area contributed by atoms with Crippen LogP contribution in [0.3, 0.4) is 0 Å². The summed E-state index contributed by atoms with van der Waals surface area (Å²) in [6.07, 6.45) is 0. The fourth-order valence-corrected chi connectivity index (χ4v) is 9.25. The van der Waals surface area contributed by atoms with Crippen molar-refractivity contribution in [3.63, 3.8) is 0 Å². The molecule has 0 saturated heterocycles. The molecule has 1 nitrogen and oxygen atoms in total. The van der Waals surface area contributed by atoms with Gasteiger partial charge in [0.15, 0.2) is 0 Å². The Bertz CT molecular complexity index is 3350. The van der Waals surface area contributed by atoms with E-state index < -0.39 is 0 Å². The zero-order chi connectivity index (χ0) is 42.0. The van der Waals surface area contributed by atoms with E-state index in [9.17, 15) is 0 Å². The predicted octanol–water partition coefficient (Wildman–Crippen LogP) is 17.5. The van der Waals surface area contributed by atoms with Crippen LogP contribution < -0.4 is 4.90 Å². The molecule has 63 heavy (non-hydrogen) atoms. The van der Waals surface area contributed by atoms with Crippen molar-refractivity contribution in [2.24, 2.45) is 0 Å². The van der Waals surface area contributed by atoms with Crippen molar-refractivity contribution >= 4 is 38.6 Å². The second-order valence-electron chi connectivity index (χ2n) is 16.0. The van der Waals surface area contributed by atoms with E-state index in [1.807, 2.05) is 0 Å². The molecule has 11 rings (SSSR count). The number of anilines is 3. The van der Waals surface area contributed by atoms with Gasteiger partial charge in [0.05, 0.1) is 5.69 Å². The standard InChI is InChI=1S/C62H43N/c1-2-16-46(17-3-1)55-23-8-10-26-58(55)60-28-12-13-29-61(60)59-27-11-9-24-56(59)50-38-42-52(43-39-50)63(62-31-15-21-48-19-5-7-25-57(48)62)51-40-36-45(37-41-51)44-32-34-49(35-33-44)54-30-14-20-47-18-4-6-22-53(47)54/h1-43H. The number of nitrogens with zero attached hydrogens (tertiary/aromatic N) is 1. The number of benzene rings is 11. The van der Waals surface area contributed by atoms with Crippen molar-refractivity contribution in [1.82, 2.24) is 0 Å². The highest BCUT2D eigenvalue weighted by Crippen LogP contribution is 2.44. The van der Waals surface area contributed by atoms with Gasteiger partial charge in [0.1, 0.15) is 0 Å². The summed E-state index contributed by atoms with van der Waals surface area (Å²) in [7, 11) is 0. The van der Waals surface area contributed by atoms with Crippen LogP contribution in [-0.2, 0) is 0 Å². The first-order valence-corrected chi connectivity index (χ1v) is 21.7. The highest BCUT2D eigenvalue weighted by Gasteiger charge is 2.18. The molecule has 0 amide bonds. The fraction of sp³-hybridized carbons (Fsp3) is 0. The third kappa shape index (κ3) is 7.26. The van der Waals surface area contributed by atoms with Crippen molar-refractivity contribution in [2.45, 2.75) is 0 Å². The third-order valence-corrected chi connectivity index (χ3v) is 12.3. The van der Waals surface area contributed by atoms with Gasteiger partial charge in [-0.05, 0) is 113 Å². The molecule has 0 atom stereocenters. The molecule has 0 N–H and O–H groups in total. The lowest BCUT2D eigenvalue weighted by molar-refractivity contribution is 1.30. The second-order valence-corrected chi connectivity index (χ2v) is 16.0. The first-order valence-electron chi connectivity index (χ1n) is 21.7. The van der Waals surface area contributed by atoms with Gasteiger partial charge >= 0.3 is 0 Å². The van der Waals surface area contributed by atoms with Crippen molar-refractivity contribution in [2.75, 3.05) is 4.90 Å². The first-order chi connectivity index (χ1) is 31.3. The summed E-state index contributed by atoms with van der Waals surface area (Å²) in [6.45, 7) is 0. The molecule has 11 aromatic carbocycles. The second kappa shape index (κ2) is 16.7. The minimum atomic E-state index is 1.09. The molecule has 296 valence electrons. The highest BCUT2D eigenvalue weighted by molar-refractivity contribution is 6.00. The van der Waals surface area contributed by atoms with Crippen LogP contribution in [0.5, 0.6) is 0 Å². The van der Waals surface area contributed by atoms with Gasteiger partial charge in [-0.2, -0.15) is 0 Å². The van der Waals surface area contributed by atoms with Crippen molar-refractivity contribution in [3.8, 4) is 66.8 Å². The van der Waals surface area contributed by atoms with Crippen LogP contribution in [0.4, 0.5) is 17.1 Å². The van der Waals surface area contributed by atoms with Crippen LogP contribution >= 0.6 is 0 Å².